The molecule has 0 fully saturated rings. The van der Waals surface area contributed by atoms with Crippen LogP contribution in [0.3, 0.4) is 0 Å². The molecule has 25 heteroatoms. The molecule has 496 valence electrons. The van der Waals surface area contributed by atoms with Crippen molar-refractivity contribution >= 4 is 23.4 Å². The molecule has 13 N–H and O–H groups in total. The first kappa shape index (κ1) is 76.6. The second-order valence-corrected chi connectivity index (χ2v) is 19.4. The third-order valence-corrected chi connectivity index (χ3v) is 12.8. The van der Waals surface area contributed by atoms with Crippen molar-refractivity contribution in [2.75, 3.05) is 103 Å². The quantitative estimate of drug-likeness (QED) is 0.0212. The van der Waals surface area contributed by atoms with Gasteiger partial charge in [-0.05, 0) is 129 Å². The van der Waals surface area contributed by atoms with Gasteiger partial charge < -0.3 is 77.5 Å². The van der Waals surface area contributed by atoms with Crippen molar-refractivity contribution in [1.82, 2.24) is 30.1 Å². The van der Waals surface area contributed by atoms with E-state index in [1.54, 1.807) is 85.0 Å². The van der Waals surface area contributed by atoms with E-state index in [2.05, 4.69) is 25.9 Å². The van der Waals surface area contributed by atoms with Crippen LogP contribution in [0.4, 0.5) is 42.9 Å². The number of oxazole rings is 1. The topological polar surface area (TPSA) is 288 Å². The number of anilines is 2. The molecule has 0 aliphatic carbocycles. The van der Waals surface area contributed by atoms with Gasteiger partial charge in [0.1, 0.15) is 61.5 Å². The Morgan fingerprint density at radius 1 is 0.554 bits per heavy atom. The lowest BCUT2D eigenvalue weighted by atomic mass is 10.2. The fourth-order valence-corrected chi connectivity index (χ4v) is 7.27. The van der Waals surface area contributed by atoms with Crippen molar-refractivity contribution in [3.63, 3.8) is 0 Å². The zero-order valence-electron chi connectivity index (χ0n) is 52.6. The lowest BCUT2D eigenvalue weighted by Crippen LogP contribution is -2.36. The maximum absolute atomic E-state index is 12.3. The van der Waals surface area contributed by atoms with Gasteiger partial charge in [-0.25, -0.2) is 41.5 Å². The molecule has 2 aromatic heterocycles. The molecule has 0 saturated carbocycles. The van der Waals surface area contributed by atoms with Crippen molar-refractivity contribution in [2.24, 2.45) is 35.7 Å². The molecule has 2 heterocycles. The van der Waals surface area contributed by atoms with Gasteiger partial charge in [0, 0.05) is 137 Å². The van der Waals surface area contributed by atoms with Gasteiger partial charge in [0.15, 0.2) is 0 Å². The number of hydrogen-bond donors (Lipinski definition) is 8. The number of ether oxygens (including phenoxy) is 4. The SMILES string of the molecule is CCN(CC)C(=O)Nc1ccc(OC/C(=C/F)CN)cc1.CCNC(=O)N(C)c1ccc(OC/C(=C/F)CN)cc1.Cn1ccnc1-c1ccc(OC/C(=C/F)CN)cc1.NC/C(=C\F)CNCc1ccccc1.NC/C(=C\F)COc1ccc(-c2ncco2)cc1. The van der Waals surface area contributed by atoms with Crippen LogP contribution >= 0.6 is 0 Å². The standard InChI is InChI=1S/C15H22FN3O2.C14H20FN3O2.C14H16FN3O.C13H13FN2O2.C11H15FN2/c1-3-19(4-2)15(20)18-13-5-7-14(8-6-13)21-11-12(9-16)10-17;1-3-17-14(19)18(2)12-4-6-13(7-5-12)20-10-11(8-15)9-16;1-18-7-6-17-14(18)12-2-4-13(5-3-12)19-10-11(8-15)9-16;14-7-10(8-15)9-18-12-3-1-11(2-4-12)13-16-5-6-17-13;12-6-11(7-13)9-14-8-10-4-2-1-3-5-10/h5-9H,3-4,10-11,17H2,1-2H3,(H,18,20);4-8H,3,9-10,16H2,1-2H3,(H,17,19);2-8H,9-10,16H2,1H3;1-7H,8-9,15H2;1-6,14H,7-9,13H2/b12-9+;2*11-8+;10-7+;11-6+. The van der Waals surface area contributed by atoms with E-state index >= 15 is 0 Å². The number of urea groups is 2. The maximum Gasteiger partial charge on any atom is 0.321 e. The van der Waals surface area contributed by atoms with E-state index in [4.69, 9.17) is 52.0 Å². The van der Waals surface area contributed by atoms with E-state index < -0.39 is 0 Å². The highest BCUT2D eigenvalue weighted by molar-refractivity contribution is 5.91. The summed E-state index contributed by atoms with van der Waals surface area (Å²) in [5, 5.41) is 8.62. The highest BCUT2D eigenvalue weighted by atomic mass is 19.1. The summed E-state index contributed by atoms with van der Waals surface area (Å²) in [4.78, 5) is 35.0. The number of halogens is 5. The van der Waals surface area contributed by atoms with Crippen molar-refractivity contribution in [2.45, 2.75) is 27.3 Å². The molecule has 0 saturated heterocycles. The molecule has 0 radical (unpaired) electrons. The van der Waals surface area contributed by atoms with Crippen molar-refractivity contribution in [1.29, 1.82) is 0 Å². The molecule has 4 amide bonds. The zero-order valence-corrected chi connectivity index (χ0v) is 52.6. The molecule has 0 unspecified atom stereocenters. The van der Waals surface area contributed by atoms with Gasteiger partial charge in [0.25, 0.3) is 0 Å². The largest absolute Gasteiger partial charge is 0.489 e. The van der Waals surface area contributed by atoms with E-state index in [0.29, 0.717) is 120 Å². The third-order valence-electron chi connectivity index (χ3n) is 12.8. The summed E-state index contributed by atoms with van der Waals surface area (Å²) in [7, 11) is 3.62. The summed E-state index contributed by atoms with van der Waals surface area (Å²) in [5.74, 6) is 3.92. The first-order valence-electron chi connectivity index (χ1n) is 29.2. The van der Waals surface area contributed by atoms with E-state index in [1.807, 2.05) is 105 Å². The maximum atomic E-state index is 12.3. The molecular weight excluding hydrogens is 1190 g/mol. The second-order valence-electron chi connectivity index (χ2n) is 19.4. The lowest BCUT2D eigenvalue weighted by molar-refractivity contribution is 0.217. The van der Waals surface area contributed by atoms with E-state index in [1.165, 1.54) is 16.7 Å². The first-order valence-corrected chi connectivity index (χ1v) is 29.2. The third kappa shape index (κ3) is 28.9. The fraction of sp³-hybridized carbons (Fsp3) is 0.284. The molecule has 20 nitrogen and oxygen atoms in total. The van der Waals surface area contributed by atoms with E-state index in [-0.39, 0.29) is 71.2 Å². The molecule has 0 atom stereocenters. The summed E-state index contributed by atoms with van der Waals surface area (Å²) in [6, 6.07) is 38.2. The van der Waals surface area contributed by atoms with Crippen LogP contribution in [0.5, 0.6) is 23.0 Å². The monoisotopic (exact) mass is 1280 g/mol. The summed E-state index contributed by atoms with van der Waals surface area (Å²) >= 11 is 0. The van der Waals surface area contributed by atoms with Crippen LogP contribution in [-0.4, -0.2) is 124 Å². The van der Waals surface area contributed by atoms with Crippen molar-refractivity contribution < 1.29 is 54.9 Å². The normalized spacial score (nSPS) is 11.4. The second kappa shape index (κ2) is 45.6. The Labute approximate surface area is 535 Å². The fourth-order valence-electron chi connectivity index (χ4n) is 7.27. The van der Waals surface area contributed by atoms with Crippen LogP contribution in [0, 0.1) is 0 Å². The number of aromatic nitrogens is 3. The first-order chi connectivity index (χ1) is 44.7. The Morgan fingerprint density at radius 3 is 1.37 bits per heavy atom. The number of carbonyl (C=O) groups excluding carboxylic acids is 2. The molecule has 92 heavy (non-hydrogen) atoms. The molecular formula is C67H86F5N13O7. The number of aryl methyl sites for hydroxylation is 1. The number of rotatable bonds is 28. The smallest absolute Gasteiger partial charge is 0.321 e. The Kier molecular flexibility index (Phi) is 38.0. The van der Waals surface area contributed by atoms with Crippen LogP contribution in [0.1, 0.15) is 26.3 Å². The average molecular weight is 1280 g/mol. The van der Waals surface area contributed by atoms with E-state index in [0.717, 1.165) is 29.2 Å². The van der Waals surface area contributed by atoms with Gasteiger partial charge in [-0.3, -0.25) is 4.90 Å². The van der Waals surface area contributed by atoms with Crippen LogP contribution in [-0.2, 0) is 13.6 Å². The predicted octanol–water partition coefficient (Wildman–Crippen LogP) is 11.2. The van der Waals surface area contributed by atoms with Gasteiger partial charge in [-0.15, -0.1) is 0 Å². The molecule has 0 aliphatic heterocycles. The summed E-state index contributed by atoms with van der Waals surface area (Å²) in [5.41, 5.74) is 33.3. The molecule has 7 rings (SSSR count). The average Bonchev–Trinajstić information content (AvgIpc) is 2.66. The summed E-state index contributed by atoms with van der Waals surface area (Å²) in [6.07, 6.45) is 9.18. The number of nitrogens with zero attached hydrogens (tertiary/aromatic N) is 5. The van der Waals surface area contributed by atoms with Gasteiger partial charge >= 0.3 is 12.1 Å². The molecule has 0 aliphatic rings. The van der Waals surface area contributed by atoms with Gasteiger partial charge in [-0.2, -0.15) is 0 Å². The van der Waals surface area contributed by atoms with Gasteiger partial charge in [-0.1, -0.05) is 30.3 Å². The Balaban J connectivity index is 0.000000302. The number of benzene rings is 5. The van der Waals surface area contributed by atoms with Crippen molar-refractivity contribution in [3.05, 3.63) is 217 Å². The Hall–Kier alpha value is -9.63. The number of imidazole rings is 1. The highest BCUT2D eigenvalue weighted by Crippen LogP contribution is 2.24. The van der Waals surface area contributed by atoms with Crippen LogP contribution in [0.15, 0.2) is 216 Å². The summed E-state index contributed by atoms with van der Waals surface area (Å²) in [6.45, 7) is 10.1. The highest BCUT2D eigenvalue weighted by Gasteiger charge is 2.12. The lowest BCUT2D eigenvalue weighted by Gasteiger charge is -2.19. The molecule has 5 aromatic carbocycles. The number of hydrogen-bond acceptors (Lipinski definition) is 15. The van der Waals surface area contributed by atoms with Gasteiger partial charge in [0.2, 0.25) is 5.89 Å². The minimum absolute atomic E-state index is 0.109. The van der Waals surface area contributed by atoms with Gasteiger partial charge in [0.05, 0.1) is 37.8 Å². The van der Waals surface area contributed by atoms with Crippen LogP contribution in [0.25, 0.3) is 22.8 Å². The van der Waals surface area contributed by atoms with Crippen LogP contribution < -0.4 is 68.5 Å². The van der Waals surface area contributed by atoms with E-state index in [9.17, 15) is 31.5 Å². The number of amides is 4. The zero-order chi connectivity index (χ0) is 67.3. The molecule has 0 spiro atoms. The Morgan fingerprint density at radius 2 is 0.989 bits per heavy atom. The molecule has 7 aromatic rings. The van der Waals surface area contributed by atoms with Crippen LogP contribution in [0.2, 0.25) is 0 Å². The number of nitrogens with one attached hydrogen (secondary N) is 3. The predicted molar refractivity (Wildman–Crippen MR) is 354 cm³/mol. The minimum Gasteiger partial charge on any atom is -0.489 e. The Bertz CT molecular complexity index is 3290. The number of carbonyl (C=O) groups is 2. The van der Waals surface area contributed by atoms with Crippen molar-refractivity contribution in [3.8, 4) is 45.8 Å². The number of nitrogens with two attached hydrogens (primary N) is 5. The minimum atomic E-state index is -0.174. The molecule has 0 bridgehead atoms. The summed E-state index contributed by atoms with van der Waals surface area (Å²) < 4.78 is 90.0.